The van der Waals surface area contributed by atoms with Crippen molar-refractivity contribution in [2.45, 2.75) is 149 Å². The topological polar surface area (TPSA) is 180 Å². The number of thiazole rings is 1. The van der Waals surface area contributed by atoms with E-state index in [-0.39, 0.29) is 54.8 Å². The van der Waals surface area contributed by atoms with Crippen LogP contribution in [-0.2, 0) is 30.4 Å². The summed E-state index contributed by atoms with van der Waals surface area (Å²) in [6, 6.07) is 5.58. The molecule has 3 rings (SSSR count). The van der Waals surface area contributed by atoms with E-state index in [1.54, 1.807) is 12.3 Å². The van der Waals surface area contributed by atoms with E-state index in [2.05, 4.69) is 27.9 Å². The maximum absolute atomic E-state index is 14.8. The van der Waals surface area contributed by atoms with Gasteiger partial charge in [-0.25, -0.2) is 14.8 Å². The van der Waals surface area contributed by atoms with Gasteiger partial charge in [0.1, 0.15) is 16.7 Å². The standard InChI is InChI=1S/C44H70N6O8S/c1-10-12-13-16-23-57-50(42(53)38(30(6)11-2)48-40(52)35-17-14-15-22-49(35)9)36(28(3)4)26-37(58-44(56)45-8)41-47-34(27-59-41)39(51)46-33(24-31(7)43(54)55)25-32-20-18-29(5)19-21-32/h18-21,27-28,30-31,33,35-38H,10-17,22-26H2,1-9H3,(H,45,56)(H,46,51)(H,48,52)(H,54,55)/t30-,31-,33+,35+,36+,37+,38-/m0/s1. The van der Waals surface area contributed by atoms with Crippen molar-refractivity contribution in [2.75, 3.05) is 27.2 Å². The number of aryl methyl sites for hydroxylation is 1. The van der Waals surface area contributed by atoms with Gasteiger partial charge in [-0.2, -0.15) is 0 Å². The molecule has 0 saturated carbocycles. The zero-order valence-corrected chi connectivity index (χ0v) is 37.6. The molecule has 0 spiro atoms. The SMILES string of the molecule is CCCCCCON(C(=O)[C@@H](NC(=O)[C@H]1CCCCN1C)[C@@H](C)CC)[C@H](C[C@@H](OC(=O)NC)c1nc(C(=O)N[C@@H](Cc2ccc(C)cc2)C[C@H](C)C(=O)O)cs1)C(C)C. The number of hydrogen-bond acceptors (Lipinski definition) is 10. The molecule has 1 aliphatic rings. The summed E-state index contributed by atoms with van der Waals surface area (Å²) in [4.78, 5) is 80.0. The van der Waals surface area contributed by atoms with Gasteiger partial charge in [0.05, 0.1) is 24.6 Å². The number of rotatable bonds is 24. The molecule has 0 unspecified atom stereocenters. The number of hydrogen-bond donors (Lipinski definition) is 4. The van der Waals surface area contributed by atoms with Gasteiger partial charge in [0, 0.05) is 24.9 Å². The number of carbonyl (C=O) groups excluding carboxylic acids is 4. The molecule has 1 saturated heterocycles. The number of hydroxylamine groups is 2. The first kappa shape index (κ1) is 49.3. The lowest BCUT2D eigenvalue weighted by Gasteiger charge is -2.39. The molecule has 1 aromatic carbocycles. The Bertz CT molecular complexity index is 1640. The third-order valence-electron chi connectivity index (χ3n) is 11.3. The molecule has 0 aliphatic carbocycles. The Morgan fingerprint density at radius 1 is 1.00 bits per heavy atom. The Kier molecular flexibility index (Phi) is 20.8. The second kappa shape index (κ2) is 24.9. The number of unbranched alkanes of at least 4 members (excludes halogenated alkanes) is 3. The second-order valence-corrected chi connectivity index (χ2v) is 17.4. The maximum atomic E-state index is 14.8. The molecule has 15 heteroatoms. The zero-order chi connectivity index (χ0) is 43.6. The van der Waals surface area contributed by atoms with Crippen LogP contribution in [0, 0.1) is 24.7 Å². The van der Waals surface area contributed by atoms with E-state index in [0.29, 0.717) is 17.8 Å². The number of carboxylic acid groups (broad SMARTS) is 1. The molecule has 330 valence electrons. The number of nitrogens with zero attached hydrogens (tertiary/aromatic N) is 3. The summed E-state index contributed by atoms with van der Waals surface area (Å²) in [6.45, 7) is 14.7. The van der Waals surface area contributed by atoms with Crippen LogP contribution >= 0.6 is 11.3 Å². The summed E-state index contributed by atoms with van der Waals surface area (Å²) in [5.74, 6) is -3.07. The fraction of sp³-hybridized carbons (Fsp3) is 0.682. The largest absolute Gasteiger partial charge is 0.481 e. The minimum absolute atomic E-state index is 0.0963. The first-order chi connectivity index (χ1) is 28.1. The Morgan fingerprint density at radius 2 is 1.71 bits per heavy atom. The fourth-order valence-corrected chi connectivity index (χ4v) is 8.10. The molecular formula is C44H70N6O8S. The molecule has 14 nitrogen and oxygen atoms in total. The molecule has 59 heavy (non-hydrogen) atoms. The number of nitrogens with one attached hydrogen (secondary N) is 3. The highest BCUT2D eigenvalue weighted by Gasteiger charge is 2.40. The number of likely N-dealkylation sites (N-methyl/N-ethyl adjacent to an activating group) is 1. The molecule has 1 fully saturated rings. The quantitative estimate of drug-likeness (QED) is 0.0631. The van der Waals surface area contributed by atoms with Gasteiger partial charge in [-0.05, 0) is 70.0 Å². The third kappa shape index (κ3) is 15.5. The highest BCUT2D eigenvalue weighted by Crippen LogP contribution is 2.32. The minimum Gasteiger partial charge on any atom is -0.481 e. The smallest absolute Gasteiger partial charge is 0.407 e. The van der Waals surface area contributed by atoms with Gasteiger partial charge in [-0.1, -0.05) is 103 Å². The fourth-order valence-electron chi connectivity index (χ4n) is 7.26. The van der Waals surface area contributed by atoms with E-state index in [1.165, 1.54) is 12.1 Å². The zero-order valence-electron chi connectivity index (χ0n) is 36.8. The number of carbonyl (C=O) groups is 5. The molecule has 2 heterocycles. The Labute approximate surface area is 355 Å². The van der Waals surface area contributed by atoms with Crippen LogP contribution in [-0.4, -0.2) is 101 Å². The summed E-state index contributed by atoms with van der Waals surface area (Å²) in [5, 5.41) is 21.6. The van der Waals surface area contributed by atoms with Crippen molar-refractivity contribution in [3.05, 3.63) is 51.5 Å². The van der Waals surface area contributed by atoms with Crippen molar-refractivity contribution < 1.29 is 38.7 Å². The molecule has 4 N–H and O–H groups in total. The highest BCUT2D eigenvalue weighted by atomic mass is 32.1. The van der Waals surface area contributed by atoms with Crippen LogP contribution in [0.2, 0.25) is 0 Å². The molecule has 0 bridgehead atoms. The number of aliphatic carboxylic acids is 1. The van der Waals surface area contributed by atoms with E-state index < -0.39 is 48.1 Å². The monoisotopic (exact) mass is 842 g/mol. The van der Waals surface area contributed by atoms with Gasteiger partial charge in [-0.15, -0.1) is 11.3 Å². The van der Waals surface area contributed by atoms with Crippen LogP contribution in [0.4, 0.5) is 4.79 Å². The van der Waals surface area contributed by atoms with Gasteiger partial charge in [-0.3, -0.25) is 28.9 Å². The Hall–Kier alpha value is -4.08. The average Bonchev–Trinajstić information content (AvgIpc) is 3.71. The van der Waals surface area contributed by atoms with Crippen LogP contribution in [0.25, 0.3) is 0 Å². The summed E-state index contributed by atoms with van der Waals surface area (Å²) >= 11 is 1.15. The molecule has 0 radical (unpaired) electrons. The summed E-state index contributed by atoms with van der Waals surface area (Å²) in [6.07, 6.45) is 6.10. The maximum Gasteiger partial charge on any atom is 0.407 e. The third-order valence-corrected chi connectivity index (χ3v) is 12.2. The molecule has 1 aromatic heterocycles. The van der Waals surface area contributed by atoms with Gasteiger partial charge >= 0.3 is 12.1 Å². The highest BCUT2D eigenvalue weighted by molar-refractivity contribution is 7.09. The number of benzene rings is 1. The predicted octanol–water partition coefficient (Wildman–Crippen LogP) is 7.07. The lowest BCUT2D eigenvalue weighted by Crippen LogP contribution is -2.58. The number of alkyl carbamates (subject to hydrolysis) is 1. The Morgan fingerprint density at radius 3 is 2.32 bits per heavy atom. The van der Waals surface area contributed by atoms with Crippen molar-refractivity contribution in [2.24, 2.45) is 17.8 Å². The van der Waals surface area contributed by atoms with Gasteiger partial charge in [0.2, 0.25) is 5.91 Å². The van der Waals surface area contributed by atoms with E-state index in [1.807, 2.05) is 70.8 Å². The summed E-state index contributed by atoms with van der Waals surface area (Å²) in [7, 11) is 3.39. The second-order valence-electron chi connectivity index (χ2n) is 16.5. The number of carboxylic acids is 1. The molecule has 1 aliphatic heterocycles. The molecule has 4 amide bonds. The number of piperidine rings is 1. The number of ether oxygens (including phenoxy) is 1. The van der Waals surface area contributed by atoms with Gasteiger partial charge in [0.15, 0.2) is 6.10 Å². The van der Waals surface area contributed by atoms with E-state index in [0.717, 1.165) is 74.0 Å². The predicted molar refractivity (Wildman–Crippen MR) is 230 cm³/mol. The number of aromatic nitrogens is 1. The first-order valence-electron chi connectivity index (χ1n) is 21.5. The van der Waals surface area contributed by atoms with Crippen molar-refractivity contribution >= 4 is 41.1 Å². The number of likely N-dealkylation sites (tertiary alicyclic amines) is 1. The summed E-state index contributed by atoms with van der Waals surface area (Å²) < 4.78 is 5.91. The molecule has 2 aromatic rings. The van der Waals surface area contributed by atoms with E-state index >= 15 is 0 Å². The van der Waals surface area contributed by atoms with Crippen molar-refractivity contribution in [3.63, 3.8) is 0 Å². The van der Waals surface area contributed by atoms with Gasteiger partial charge < -0.3 is 25.8 Å². The minimum atomic E-state index is -0.976. The molecular weight excluding hydrogens is 773 g/mol. The molecule has 7 atom stereocenters. The lowest BCUT2D eigenvalue weighted by atomic mass is 9.93. The van der Waals surface area contributed by atoms with Crippen LogP contribution < -0.4 is 16.0 Å². The number of amides is 4. The van der Waals surface area contributed by atoms with E-state index in [4.69, 9.17) is 9.57 Å². The van der Waals surface area contributed by atoms with Crippen LogP contribution in [0.3, 0.4) is 0 Å². The van der Waals surface area contributed by atoms with Crippen LogP contribution in [0.5, 0.6) is 0 Å². The Balaban J connectivity index is 1.95. The van der Waals surface area contributed by atoms with Crippen molar-refractivity contribution in [1.82, 2.24) is 30.9 Å². The normalized spacial score (nSPS) is 17.6. The van der Waals surface area contributed by atoms with Gasteiger partial charge in [0.25, 0.3) is 11.8 Å². The van der Waals surface area contributed by atoms with Crippen molar-refractivity contribution in [1.29, 1.82) is 0 Å². The average molecular weight is 843 g/mol. The first-order valence-corrected chi connectivity index (χ1v) is 22.4. The van der Waals surface area contributed by atoms with Crippen LogP contribution in [0.1, 0.15) is 138 Å². The van der Waals surface area contributed by atoms with Crippen LogP contribution in [0.15, 0.2) is 29.6 Å². The summed E-state index contributed by atoms with van der Waals surface area (Å²) in [5.41, 5.74) is 2.15. The van der Waals surface area contributed by atoms with Crippen molar-refractivity contribution in [3.8, 4) is 0 Å². The lowest BCUT2D eigenvalue weighted by molar-refractivity contribution is -0.212. The van der Waals surface area contributed by atoms with E-state index in [9.17, 15) is 29.1 Å².